The molecule has 4 aromatic rings. The van der Waals surface area contributed by atoms with E-state index < -0.39 is 23.0 Å². The third-order valence-electron chi connectivity index (χ3n) is 3.77. The van der Waals surface area contributed by atoms with E-state index in [1.807, 2.05) is 0 Å². The molecule has 0 aliphatic heterocycles. The quantitative estimate of drug-likeness (QED) is 0.485. The van der Waals surface area contributed by atoms with E-state index in [1.54, 1.807) is 24.3 Å². The third kappa shape index (κ3) is 3.51. The van der Waals surface area contributed by atoms with Gasteiger partial charge in [0.15, 0.2) is 16.6 Å². The number of benzene rings is 2. The van der Waals surface area contributed by atoms with E-state index in [4.69, 9.17) is 0 Å². The normalized spacial score (nSPS) is 10.9. The molecule has 0 bridgehead atoms. The minimum Gasteiger partial charge on any atom is -0.505 e. The van der Waals surface area contributed by atoms with E-state index in [0.717, 1.165) is 26.6 Å². The number of aromatic nitrogens is 3. The number of hydrogen-bond donors (Lipinski definition) is 2. The van der Waals surface area contributed by atoms with Crippen LogP contribution in [0.3, 0.4) is 0 Å². The highest BCUT2D eigenvalue weighted by Gasteiger charge is 2.18. The van der Waals surface area contributed by atoms with E-state index in [0.29, 0.717) is 15.9 Å². The highest BCUT2D eigenvalue weighted by atomic mass is 79.9. The Morgan fingerprint density at radius 2 is 1.93 bits per heavy atom. The molecule has 2 aromatic carbocycles. The minimum atomic E-state index is -0.747. The SMILES string of the molecule is O=C(Nc1nc2ccc(F)cc2s1)c1nn(-c2ccc(Br)cc2)c(=O)cc1O. The van der Waals surface area contributed by atoms with Crippen molar-refractivity contribution in [3.63, 3.8) is 0 Å². The predicted octanol–water partition coefficient (Wildman–Crippen LogP) is 3.70. The van der Waals surface area contributed by atoms with Gasteiger partial charge in [-0.15, -0.1) is 0 Å². The topological polar surface area (TPSA) is 97.1 Å². The molecule has 140 valence electrons. The summed E-state index contributed by atoms with van der Waals surface area (Å²) in [6.45, 7) is 0. The number of amides is 1. The molecule has 0 fully saturated rings. The van der Waals surface area contributed by atoms with Crippen LogP contribution in [0, 0.1) is 5.82 Å². The van der Waals surface area contributed by atoms with Gasteiger partial charge in [0.2, 0.25) is 0 Å². The van der Waals surface area contributed by atoms with Gasteiger partial charge in [0, 0.05) is 10.5 Å². The molecular weight excluding hydrogens is 451 g/mol. The van der Waals surface area contributed by atoms with Gasteiger partial charge < -0.3 is 5.11 Å². The first-order chi connectivity index (χ1) is 13.4. The maximum absolute atomic E-state index is 13.3. The van der Waals surface area contributed by atoms with Crippen LogP contribution in [0.4, 0.5) is 9.52 Å². The van der Waals surface area contributed by atoms with Crippen LogP contribution in [0.15, 0.2) is 57.8 Å². The highest BCUT2D eigenvalue weighted by Crippen LogP contribution is 2.27. The lowest BCUT2D eigenvalue weighted by molar-refractivity contribution is 0.101. The number of nitrogens with one attached hydrogen (secondary N) is 1. The number of aromatic hydroxyl groups is 1. The summed E-state index contributed by atoms with van der Waals surface area (Å²) in [6.07, 6.45) is 0. The molecule has 10 heteroatoms. The van der Waals surface area contributed by atoms with Crippen molar-refractivity contribution in [2.24, 2.45) is 0 Å². The minimum absolute atomic E-state index is 0.216. The molecule has 0 saturated carbocycles. The number of carbonyl (C=O) groups excluding carboxylic acids is 1. The molecule has 1 amide bonds. The Kier molecular flexibility index (Phi) is 4.65. The number of carbonyl (C=O) groups is 1. The Balaban J connectivity index is 1.69. The van der Waals surface area contributed by atoms with E-state index in [1.165, 1.54) is 18.2 Å². The maximum atomic E-state index is 13.3. The molecule has 0 saturated heterocycles. The summed E-state index contributed by atoms with van der Waals surface area (Å²) in [5.41, 5.74) is 0.0243. The van der Waals surface area contributed by atoms with Crippen LogP contribution in [0.2, 0.25) is 0 Å². The van der Waals surface area contributed by atoms with Crippen molar-refractivity contribution >= 4 is 48.5 Å². The fourth-order valence-electron chi connectivity index (χ4n) is 2.48. The van der Waals surface area contributed by atoms with E-state index in [9.17, 15) is 19.1 Å². The van der Waals surface area contributed by atoms with Crippen LogP contribution in [-0.2, 0) is 0 Å². The van der Waals surface area contributed by atoms with Gasteiger partial charge in [0.05, 0.1) is 15.9 Å². The number of anilines is 1. The summed E-state index contributed by atoms with van der Waals surface area (Å²) in [4.78, 5) is 28.9. The van der Waals surface area contributed by atoms with Crippen molar-refractivity contribution in [1.29, 1.82) is 0 Å². The molecule has 0 unspecified atom stereocenters. The molecule has 2 heterocycles. The summed E-state index contributed by atoms with van der Waals surface area (Å²) in [5.74, 6) is -1.71. The van der Waals surface area contributed by atoms with Gasteiger partial charge in [-0.25, -0.2) is 9.37 Å². The van der Waals surface area contributed by atoms with E-state index >= 15 is 0 Å². The third-order valence-corrected chi connectivity index (χ3v) is 5.23. The van der Waals surface area contributed by atoms with E-state index in [2.05, 4.69) is 31.3 Å². The number of hydrogen-bond acceptors (Lipinski definition) is 6. The van der Waals surface area contributed by atoms with Crippen LogP contribution in [0.1, 0.15) is 10.5 Å². The van der Waals surface area contributed by atoms with Gasteiger partial charge >= 0.3 is 0 Å². The van der Waals surface area contributed by atoms with Gasteiger partial charge in [0.25, 0.3) is 11.5 Å². The van der Waals surface area contributed by atoms with Crippen LogP contribution in [0.25, 0.3) is 15.9 Å². The fourth-order valence-corrected chi connectivity index (χ4v) is 3.63. The van der Waals surface area contributed by atoms with Crippen LogP contribution in [0.5, 0.6) is 5.75 Å². The summed E-state index contributed by atoms with van der Waals surface area (Å²) in [7, 11) is 0. The first kappa shape index (κ1) is 18.3. The van der Waals surface area contributed by atoms with Gasteiger partial charge in [0.1, 0.15) is 5.82 Å². The predicted molar refractivity (Wildman–Crippen MR) is 107 cm³/mol. The van der Waals surface area contributed by atoms with Crippen molar-refractivity contribution in [1.82, 2.24) is 14.8 Å². The molecule has 2 N–H and O–H groups in total. The van der Waals surface area contributed by atoms with Crippen molar-refractivity contribution in [2.75, 3.05) is 5.32 Å². The Morgan fingerprint density at radius 1 is 1.18 bits per heavy atom. The lowest BCUT2D eigenvalue weighted by Crippen LogP contribution is -2.25. The van der Waals surface area contributed by atoms with Gasteiger partial charge in [-0.1, -0.05) is 27.3 Å². The first-order valence-corrected chi connectivity index (χ1v) is 9.48. The van der Waals surface area contributed by atoms with Crippen molar-refractivity contribution in [3.8, 4) is 11.4 Å². The molecule has 0 aliphatic rings. The molecule has 0 radical (unpaired) electrons. The molecule has 4 rings (SSSR count). The Bertz CT molecular complexity index is 1270. The summed E-state index contributed by atoms with van der Waals surface area (Å²) < 4.78 is 15.7. The maximum Gasteiger partial charge on any atom is 0.281 e. The highest BCUT2D eigenvalue weighted by molar-refractivity contribution is 9.10. The standard InChI is InChI=1S/C18H10BrFN4O3S/c19-9-1-4-11(5-2-9)24-15(26)8-13(25)16(23-24)17(27)22-18-21-12-6-3-10(20)7-14(12)28-18/h1-8,25H,(H,21,22,27). The molecule has 2 aromatic heterocycles. The second-order valence-electron chi connectivity index (χ2n) is 5.69. The fraction of sp³-hybridized carbons (Fsp3) is 0. The average Bonchev–Trinajstić information content (AvgIpc) is 3.04. The number of thiazole rings is 1. The van der Waals surface area contributed by atoms with E-state index in [-0.39, 0.29) is 10.8 Å². The Morgan fingerprint density at radius 3 is 2.68 bits per heavy atom. The number of halogens is 2. The lowest BCUT2D eigenvalue weighted by Gasteiger charge is -2.08. The van der Waals surface area contributed by atoms with Crippen molar-refractivity contribution < 1.29 is 14.3 Å². The zero-order valence-electron chi connectivity index (χ0n) is 13.9. The van der Waals surface area contributed by atoms with Crippen LogP contribution < -0.4 is 10.9 Å². The van der Waals surface area contributed by atoms with Gasteiger partial charge in [-0.2, -0.15) is 9.78 Å². The molecule has 0 atom stereocenters. The number of fused-ring (bicyclic) bond motifs is 1. The van der Waals surface area contributed by atoms with Crippen LogP contribution >= 0.6 is 27.3 Å². The zero-order chi connectivity index (χ0) is 19.8. The van der Waals surface area contributed by atoms with Crippen LogP contribution in [-0.4, -0.2) is 25.8 Å². The first-order valence-electron chi connectivity index (χ1n) is 7.87. The largest absolute Gasteiger partial charge is 0.505 e. The summed E-state index contributed by atoms with van der Waals surface area (Å²) in [6, 6.07) is 11.7. The molecular formula is C18H10BrFN4O3S. The molecule has 0 spiro atoms. The molecule has 0 aliphatic carbocycles. The number of nitrogens with zero attached hydrogens (tertiary/aromatic N) is 3. The molecule has 7 nitrogen and oxygen atoms in total. The van der Waals surface area contributed by atoms with Gasteiger partial charge in [-0.05, 0) is 42.5 Å². The monoisotopic (exact) mass is 460 g/mol. The number of rotatable bonds is 3. The smallest absolute Gasteiger partial charge is 0.281 e. The lowest BCUT2D eigenvalue weighted by atomic mass is 10.3. The summed E-state index contributed by atoms with van der Waals surface area (Å²) in [5, 5.41) is 16.7. The Labute approximate surface area is 169 Å². The molecule has 28 heavy (non-hydrogen) atoms. The zero-order valence-corrected chi connectivity index (χ0v) is 16.3. The van der Waals surface area contributed by atoms with Crippen molar-refractivity contribution in [2.45, 2.75) is 0 Å². The average molecular weight is 461 g/mol. The summed E-state index contributed by atoms with van der Waals surface area (Å²) >= 11 is 4.38. The second kappa shape index (κ2) is 7.13. The second-order valence-corrected chi connectivity index (χ2v) is 7.64. The van der Waals surface area contributed by atoms with Gasteiger partial charge in [-0.3, -0.25) is 14.9 Å². The Hall–Kier alpha value is -3.11. The van der Waals surface area contributed by atoms with Crippen molar-refractivity contribution in [3.05, 3.63) is 74.9 Å².